The summed E-state index contributed by atoms with van der Waals surface area (Å²) in [5.41, 5.74) is 0. The number of nitro groups is 1. The van der Waals surface area contributed by atoms with Gasteiger partial charge in [-0.1, -0.05) is 17.2 Å². The molecule has 4 nitrogen and oxygen atoms in total. The summed E-state index contributed by atoms with van der Waals surface area (Å²) < 4.78 is 0. The van der Waals surface area contributed by atoms with Crippen LogP contribution in [0.4, 0.5) is 0 Å². The predicted molar refractivity (Wildman–Crippen MR) is 31.7 cm³/mol. The molecule has 0 spiro atoms. The van der Waals surface area contributed by atoms with Gasteiger partial charge in [0.1, 0.15) is 0 Å². The van der Waals surface area contributed by atoms with E-state index in [9.17, 15) is 10.1 Å². The van der Waals surface area contributed by atoms with Crippen molar-refractivity contribution in [3.05, 3.63) is 34.7 Å². The molecule has 0 saturated heterocycles. The molecule has 9 heavy (non-hydrogen) atoms. The molecule has 0 fully saturated rings. The second-order valence-corrected chi connectivity index (χ2v) is 1.62. The van der Waals surface area contributed by atoms with Crippen molar-refractivity contribution in [2.75, 3.05) is 0 Å². The first-order chi connectivity index (χ1) is 4.30. The molecule has 4 heteroatoms. The van der Waals surface area contributed by atoms with Gasteiger partial charge in [-0.25, -0.2) is 10.1 Å². The molecule has 0 saturated carbocycles. The Balaban J connectivity index is 2.60. The predicted octanol–water partition coefficient (Wildman–Crippen LogP) is 0.911. The maximum absolute atomic E-state index is 9.98. The molecule has 1 rings (SSSR count). The Morgan fingerprint density at radius 1 is 1.44 bits per heavy atom. The van der Waals surface area contributed by atoms with Crippen molar-refractivity contribution < 1.29 is 5.03 Å². The molecule has 1 heterocycles. The van der Waals surface area contributed by atoms with E-state index in [-0.39, 0.29) is 0 Å². The molecule has 0 unspecified atom stereocenters. The van der Waals surface area contributed by atoms with Gasteiger partial charge in [0.05, 0.1) is 12.4 Å². The summed E-state index contributed by atoms with van der Waals surface area (Å²) in [5, 5.41) is 10.4. The first-order valence-electron chi connectivity index (χ1n) is 2.56. The quantitative estimate of drug-likeness (QED) is 0.387. The molecule has 0 amide bonds. The summed E-state index contributed by atoms with van der Waals surface area (Å²) in [6.45, 7) is 0. The van der Waals surface area contributed by atoms with Gasteiger partial charge in [-0.2, -0.15) is 0 Å². The van der Waals surface area contributed by atoms with Crippen LogP contribution < -0.4 is 0 Å². The number of rotatable bonds is 1. The Hall–Kier alpha value is -1.32. The number of hydrogen-bond acceptors (Lipinski definition) is 2. The zero-order valence-corrected chi connectivity index (χ0v) is 4.73. The molecule has 0 aliphatic carbocycles. The molecule has 48 valence electrons. The van der Waals surface area contributed by atoms with E-state index in [1.54, 1.807) is 12.2 Å². The molecule has 0 aromatic rings. The molecule has 1 aliphatic rings. The summed E-state index contributed by atoms with van der Waals surface area (Å²) in [7, 11) is 0. The first kappa shape index (κ1) is 5.81. The maximum atomic E-state index is 9.98. The monoisotopic (exact) mass is 126 g/mol. The Morgan fingerprint density at radius 3 is 2.33 bits per heavy atom. The minimum Gasteiger partial charge on any atom is -0.234 e. The van der Waals surface area contributed by atoms with E-state index in [4.69, 9.17) is 0 Å². The van der Waals surface area contributed by atoms with Gasteiger partial charge in [0.25, 0.3) is 0 Å². The van der Waals surface area contributed by atoms with Crippen molar-refractivity contribution >= 4 is 0 Å². The summed E-state index contributed by atoms with van der Waals surface area (Å²) in [4.78, 5) is 9.98. The van der Waals surface area contributed by atoms with Gasteiger partial charge in [0.15, 0.2) is 5.03 Å². The summed E-state index contributed by atoms with van der Waals surface area (Å²) in [5.74, 6) is 0. The van der Waals surface area contributed by atoms with Crippen molar-refractivity contribution in [2.24, 2.45) is 0 Å². The van der Waals surface area contributed by atoms with Crippen molar-refractivity contribution in [1.29, 1.82) is 0 Å². The van der Waals surface area contributed by atoms with Crippen LogP contribution in [0.3, 0.4) is 0 Å². The Labute approximate surface area is 52.2 Å². The van der Waals surface area contributed by atoms with E-state index in [1.165, 1.54) is 12.4 Å². The second kappa shape index (κ2) is 2.30. The SMILES string of the molecule is O=[N+]([O-])N1C=CCC=C1. The smallest absolute Gasteiger partial charge is 0.168 e. The highest BCUT2D eigenvalue weighted by Crippen LogP contribution is 2.00. The van der Waals surface area contributed by atoms with Gasteiger partial charge < -0.3 is 0 Å². The van der Waals surface area contributed by atoms with E-state index in [1.807, 2.05) is 0 Å². The van der Waals surface area contributed by atoms with Crippen molar-refractivity contribution in [1.82, 2.24) is 5.01 Å². The average molecular weight is 126 g/mol. The van der Waals surface area contributed by atoms with Gasteiger partial charge in [0, 0.05) is 0 Å². The number of nitrogens with zero attached hydrogens (tertiary/aromatic N) is 2. The van der Waals surface area contributed by atoms with Gasteiger partial charge >= 0.3 is 0 Å². The van der Waals surface area contributed by atoms with Crippen LogP contribution in [0.15, 0.2) is 24.6 Å². The standard InChI is InChI=1S/C5H6N2O2/c8-7(9)6-4-2-1-3-5-6/h2-5H,1H2. The molecule has 0 atom stereocenters. The third-order valence-electron chi connectivity index (χ3n) is 0.977. The lowest BCUT2D eigenvalue weighted by Gasteiger charge is -2.04. The molecular weight excluding hydrogens is 120 g/mol. The van der Waals surface area contributed by atoms with E-state index >= 15 is 0 Å². The minimum absolute atomic E-state index is 0.480. The lowest BCUT2D eigenvalue weighted by molar-refractivity contribution is -0.624. The highest BCUT2D eigenvalue weighted by atomic mass is 16.7. The van der Waals surface area contributed by atoms with Crippen molar-refractivity contribution in [2.45, 2.75) is 6.42 Å². The van der Waals surface area contributed by atoms with Crippen LogP contribution in [-0.2, 0) is 0 Å². The largest absolute Gasteiger partial charge is 0.234 e. The van der Waals surface area contributed by atoms with Crippen LogP contribution >= 0.6 is 0 Å². The molecule has 1 aliphatic heterocycles. The average Bonchev–Trinajstić information content (AvgIpc) is 1.90. The van der Waals surface area contributed by atoms with Crippen molar-refractivity contribution in [3.8, 4) is 0 Å². The van der Waals surface area contributed by atoms with Crippen LogP contribution in [0.5, 0.6) is 0 Å². The fraction of sp³-hybridized carbons (Fsp3) is 0.200. The fourth-order valence-electron chi connectivity index (χ4n) is 0.575. The van der Waals surface area contributed by atoms with Crippen LogP contribution in [-0.4, -0.2) is 10.0 Å². The van der Waals surface area contributed by atoms with Gasteiger partial charge in [-0.3, -0.25) is 0 Å². The molecule has 0 N–H and O–H groups in total. The van der Waals surface area contributed by atoms with Crippen molar-refractivity contribution in [3.63, 3.8) is 0 Å². The van der Waals surface area contributed by atoms with E-state index in [0.717, 1.165) is 11.4 Å². The summed E-state index contributed by atoms with van der Waals surface area (Å²) >= 11 is 0. The van der Waals surface area contributed by atoms with Gasteiger partial charge in [-0.05, 0) is 6.42 Å². The minimum atomic E-state index is -0.480. The zero-order valence-electron chi connectivity index (χ0n) is 4.73. The first-order valence-corrected chi connectivity index (χ1v) is 2.56. The van der Waals surface area contributed by atoms with Gasteiger partial charge in [-0.15, -0.1) is 0 Å². The maximum Gasteiger partial charge on any atom is 0.168 e. The Kier molecular flexibility index (Phi) is 1.48. The third-order valence-corrected chi connectivity index (χ3v) is 0.977. The number of hydrazine groups is 1. The third kappa shape index (κ3) is 1.28. The lowest BCUT2D eigenvalue weighted by atomic mass is 10.3. The van der Waals surface area contributed by atoms with Crippen LogP contribution in [0.1, 0.15) is 6.42 Å². The van der Waals surface area contributed by atoms with E-state index < -0.39 is 5.03 Å². The van der Waals surface area contributed by atoms with E-state index in [2.05, 4.69) is 0 Å². The molecule has 0 bridgehead atoms. The highest BCUT2D eigenvalue weighted by Gasteiger charge is 2.05. The number of hydrogen-bond donors (Lipinski definition) is 0. The number of allylic oxidation sites excluding steroid dienone is 2. The topological polar surface area (TPSA) is 46.4 Å². The molecular formula is C5H6N2O2. The summed E-state index contributed by atoms with van der Waals surface area (Å²) in [6, 6.07) is 0. The molecule has 0 aromatic heterocycles. The van der Waals surface area contributed by atoms with E-state index in [0.29, 0.717) is 0 Å². The lowest BCUT2D eigenvalue weighted by Crippen LogP contribution is -2.18. The van der Waals surface area contributed by atoms with Crippen LogP contribution in [0.2, 0.25) is 0 Å². The van der Waals surface area contributed by atoms with Gasteiger partial charge in [0.2, 0.25) is 0 Å². The van der Waals surface area contributed by atoms with Crippen LogP contribution in [0, 0.1) is 10.1 Å². The zero-order chi connectivity index (χ0) is 6.69. The summed E-state index contributed by atoms with van der Waals surface area (Å²) in [6.07, 6.45) is 7.09. The van der Waals surface area contributed by atoms with Crippen LogP contribution in [0.25, 0.3) is 0 Å². The molecule has 0 radical (unpaired) electrons. The normalized spacial score (nSPS) is 16.2. The Bertz CT molecular complexity index is 162. The molecule has 0 aromatic carbocycles. The highest BCUT2D eigenvalue weighted by molar-refractivity contribution is 4.98. The second-order valence-electron chi connectivity index (χ2n) is 1.62. The fourth-order valence-corrected chi connectivity index (χ4v) is 0.575. The Morgan fingerprint density at radius 2 is 2.00 bits per heavy atom.